The second-order valence-corrected chi connectivity index (χ2v) is 3.75. The average molecular weight is 249 g/mol. The third kappa shape index (κ3) is 2.42. The van der Waals surface area contributed by atoms with E-state index in [9.17, 15) is 4.39 Å². The van der Waals surface area contributed by atoms with Crippen LogP contribution >= 0.6 is 0 Å². The van der Waals surface area contributed by atoms with Gasteiger partial charge in [0.2, 0.25) is 5.95 Å². The van der Waals surface area contributed by atoms with E-state index in [1.807, 2.05) is 14.1 Å². The minimum Gasteiger partial charge on any atom is -0.380 e. The van der Waals surface area contributed by atoms with Gasteiger partial charge in [-0.2, -0.15) is 9.49 Å². The van der Waals surface area contributed by atoms with Crippen molar-refractivity contribution >= 4 is 23.1 Å². The van der Waals surface area contributed by atoms with E-state index < -0.39 is 5.95 Å². The summed E-state index contributed by atoms with van der Waals surface area (Å²) < 4.78 is 12.6. The van der Waals surface area contributed by atoms with Gasteiger partial charge < -0.3 is 10.6 Å². The number of hydrogen-bond donors (Lipinski definition) is 2. The molecular formula is C10H12FN7. The van der Waals surface area contributed by atoms with Gasteiger partial charge in [-0.15, -0.1) is 10.2 Å². The third-order valence-electron chi connectivity index (χ3n) is 2.15. The summed E-state index contributed by atoms with van der Waals surface area (Å²) in [6.45, 7) is 0. The van der Waals surface area contributed by atoms with Crippen LogP contribution in [0.15, 0.2) is 33.6 Å². The highest BCUT2D eigenvalue weighted by Crippen LogP contribution is 2.06. The first-order valence-corrected chi connectivity index (χ1v) is 5.12. The van der Waals surface area contributed by atoms with Crippen LogP contribution in [0.3, 0.4) is 0 Å². The quantitative estimate of drug-likeness (QED) is 0.580. The Morgan fingerprint density at radius 3 is 2.72 bits per heavy atom. The molecule has 0 aliphatic carbocycles. The van der Waals surface area contributed by atoms with Gasteiger partial charge in [-0.05, 0) is 12.1 Å². The molecule has 0 amide bonds. The molecule has 0 saturated carbocycles. The predicted molar refractivity (Wildman–Crippen MR) is 68.0 cm³/mol. The van der Waals surface area contributed by atoms with Gasteiger partial charge in [-0.1, -0.05) is 0 Å². The van der Waals surface area contributed by atoms with Crippen LogP contribution in [0.1, 0.15) is 0 Å². The Morgan fingerprint density at radius 2 is 2.11 bits per heavy atom. The van der Waals surface area contributed by atoms with E-state index in [1.54, 1.807) is 4.90 Å². The first kappa shape index (κ1) is 12.0. The topological polar surface area (TPSA) is 91.3 Å². The van der Waals surface area contributed by atoms with Crippen molar-refractivity contribution in [3.63, 3.8) is 0 Å². The van der Waals surface area contributed by atoms with Gasteiger partial charge in [0.05, 0.1) is 11.9 Å². The first-order valence-electron chi connectivity index (χ1n) is 5.12. The maximum atomic E-state index is 12.6. The molecule has 7 nitrogen and oxygen atoms in total. The van der Waals surface area contributed by atoms with E-state index in [1.165, 1.54) is 18.3 Å². The Balaban J connectivity index is 2.15. The predicted octanol–water partition coefficient (Wildman–Crippen LogP) is 0.234. The molecule has 2 heterocycles. The molecule has 0 atom stereocenters. The van der Waals surface area contributed by atoms with Gasteiger partial charge >= 0.3 is 0 Å². The van der Waals surface area contributed by atoms with E-state index >= 15 is 0 Å². The molecule has 1 aliphatic heterocycles. The number of aromatic nitrogens is 1. The lowest BCUT2D eigenvalue weighted by Crippen LogP contribution is -2.36. The molecule has 1 aromatic rings. The molecule has 18 heavy (non-hydrogen) atoms. The molecule has 0 unspecified atom stereocenters. The molecule has 1 aromatic heterocycles. The van der Waals surface area contributed by atoms with E-state index in [-0.39, 0.29) is 5.84 Å². The van der Waals surface area contributed by atoms with Crippen molar-refractivity contribution in [1.82, 2.24) is 9.88 Å². The highest BCUT2D eigenvalue weighted by Gasteiger charge is 2.21. The van der Waals surface area contributed by atoms with Crippen molar-refractivity contribution < 1.29 is 4.39 Å². The fourth-order valence-corrected chi connectivity index (χ4v) is 1.28. The minimum atomic E-state index is -0.550. The van der Waals surface area contributed by atoms with Gasteiger partial charge in [0.15, 0.2) is 17.4 Å². The first-order chi connectivity index (χ1) is 8.58. The molecule has 0 saturated heterocycles. The second-order valence-electron chi connectivity index (χ2n) is 3.75. The van der Waals surface area contributed by atoms with E-state index in [2.05, 4.69) is 25.7 Å². The Hall–Kier alpha value is -2.51. The second kappa shape index (κ2) is 4.78. The average Bonchev–Trinajstić information content (AvgIpc) is 2.70. The summed E-state index contributed by atoms with van der Waals surface area (Å²) in [5, 5.41) is 11.7. The summed E-state index contributed by atoms with van der Waals surface area (Å²) in [6, 6.07) is 2.75. The van der Waals surface area contributed by atoms with Crippen LogP contribution in [-0.4, -0.2) is 41.4 Å². The van der Waals surface area contributed by atoms with E-state index in [0.717, 1.165) is 0 Å². The molecule has 0 radical (unpaired) electrons. The number of nitrogens with two attached hydrogens (primary N) is 1. The fourth-order valence-electron chi connectivity index (χ4n) is 1.28. The molecule has 94 valence electrons. The van der Waals surface area contributed by atoms with Crippen LogP contribution in [-0.2, 0) is 0 Å². The number of halogens is 1. The van der Waals surface area contributed by atoms with Crippen LogP contribution in [0.4, 0.5) is 10.1 Å². The van der Waals surface area contributed by atoms with Crippen molar-refractivity contribution in [2.45, 2.75) is 0 Å². The standard InChI is InChI=1S/C10H12FN7/c1-18(2)10-8(9(12)16-17-10)15-14-6-3-4-7(11)13-5-6/h3-5,14H,1-2H3,(H2,12,15,16). The number of anilines is 1. The summed E-state index contributed by atoms with van der Waals surface area (Å²) in [7, 11) is 3.61. The molecule has 3 N–H and O–H groups in total. The Labute approximate surface area is 103 Å². The molecule has 0 spiro atoms. The zero-order valence-electron chi connectivity index (χ0n) is 9.92. The zero-order valence-corrected chi connectivity index (χ0v) is 9.92. The van der Waals surface area contributed by atoms with Crippen molar-refractivity contribution in [1.29, 1.82) is 0 Å². The molecule has 0 fully saturated rings. The Kier molecular flexibility index (Phi) is 3.18. The van der Waals surface area contributed by atoms with Crippen LogP contribution in [0.2, 0.25) is 0 Å². The van der Waals surface area contributed by atoms with Crippen molar-refractivity contribution in [3.8, 4) is 0 Å². The smallest absolute Gasteiger partial charge is 0.212 e. The van der Waals surface area contributed by atoms with Crippen LogP contribution in [0.25, 0.3) is 0 Å². The largest absolute Gasteiger partial charge is 0.380 e. The highest BCUT2D eigenvalue weighted by atomic mass is 19.1. The molecule has 1 aliphatic rings. The van der Waals surface area contributed by atoms with Crippen LogP contribution in [0.5, 0.6) is 0 Å². The maximum absolute atomic E-state index is 12.6. The normalized spacial score (nSPS) is 16.5. The van der Waals surface area contributed by atoms with Crippen LogP contribution < -0.4 is 11.2 Å². The third-order valence-corrected chi connectivity index (χ3v) is 2.15. The lowest BCUT2D eigenvalue weighted by Gasteiger charge is -2.11. The maximum Gasteiger partial charge on any atom is 0.212 e. The lowest BCUT2D eigenvalue weighted by atomic mass is 10.3. The zero-order chi connectivity index (χ0) is 13.1. The molecule has 0 bridgehead atoms. The van der Waals surface area contributed by atoms with Gasteiger partial charge in [0, 0.05) is 14.1 Å². The van der Waals surface area contributed by atoms with Gasteiger partial charge in [0.25, 0.3) is 0 Å². The van der Waals surface area contributed by atoms with Crippen molar-refractivity contribution in [2.24, 2.45) is 21.0 Å². The monoisotopic (exact) mass is 249 g/mol. The summed E-state index contributed by atoms with van der Waals surface area (Å²) in [5.74, 6) is 0.224. The highest BCUT2D eigenvalue weighted by molar-refractivity contribution is 6.68. The van der Waals surface area contributed by atoms with Crippen molar-refractivity contribution in [3.05, 3.63) is 24.3 Å². The fraction of sp³-hybridized carbons (Fsp3) is 0.200. The summed E-state index contributed by atoms with van der Waals surface area (Å²) in [6.07, 6.45) is 1.33. The number of nitrogens with one attached hydrogen (secondary N) is 1. The van der Waals surface area contributed by atoms with Crippen LogP contribution in [0, 0.1) is 5.95 Å². The molecular weight excluding hydrogens is 237 g/mol. The molecule has 2 rings (SSSR count). The van der Waals surface area contributed by atoms with E-state index in [4.69, 9.17) is 5.73 Å². The summed E-state index contributed by atoms with van der Waals surface area (Å²) in [4.78, 5) is 5.24. The SMILES string of the molecule is CN(C)C1=NN=C(N)/C1=N\Nc1ccc(F)nc1. The number of hydrazone groups is 1. The summed E-state index contributed by atoms with van der Waals surface area (Å²) >= 11 is 0. The molecule has 0 aromatic carbocycles. The lowest BCUT2D eigenvalue weighted by molar-refractivity contribution is 0.584. The Bertz CT molecular complexity index is 530. The van der Waals surface area contributed by atoms with Gasteiger partial charge in [0.1, 0.15) is 0 Å². The van der Waals surface area contributed by atoms with E-state index in [0.29, 0.717) is 17.2 Å². The van der Waals surface area contributed by atoms with Gasteiger partial charge in [-0.3, -0.25) is 5.43 Å². The number of pyridine rings is 1. The number of rotatable bonds is 2. The Morgan fingerprint density at radius 1 is 1.33 bits per heavy atom. The number of amidine groups is 2. The van der Waals surface area contributed by atoms with Gasteiger partial charge in [-0.25, -0.2) is 4.98 Å². The molecule has 8 heteroatoms. The van der Waals surface area contributed by atoms with Crippen molar-refractivity contribution in [2.75, 3.05) is 19.5 Å². The minimum absolute atomic E-state index is 0.223. The number of hydrogen-bond acceptors (Lipinski definition) is 7. The number of nitrogens with zero attached hydrogens (tertiary/aromatic N) is 5. The summed E-state index contributed by atoms with van der Waals surface area (Å²) in [5.41, 5.74) is 9.36.